The number of thiophene rings is 1. The Morgan fingerprint density at radius 1 is 1.20 bits per heavy atom. The monoisotopic (exact) mass is 497 g/mol. The Hall–Kier alpha value is -4.12. The number of nitrogens with one attached hydrogen (secondary N) is 2. The molecule has 0 bridgehead atoms. The van der Waals surface area contributed by atoms with Gasteiger partial charge in [0.1, 0.15) is 34.2 Å². The molecular formula is C24H23N3O7S. The van der Waals surface area contributed by atoms with E-state index in [4.69, 9.17) is 13.9 Å². The largest absolute Gasteiger partial charge is 0.497 e. The molecule has 2 aromatic heterocycles. The Morgan fingerprint density at radius 2 is 1.94 bits per heavy atom. The summed E-state index contributed by atoms with van der Waals surface area (Å²) in [7, 11) is 1.53. The van der Waals surface area contributed by atoms with Crippen LogP contribution >= 0.6 is 11.3 Å². The number of ether oxygens (including phenoxy) is 2. The van der Waals surface area contributed by atoms with Crippen molar-refractivity contribution in [2.45, 2.75) is 19.4 Å². The van der Waals surface area contributed by atoms with Crippen LogP contribution in [0.2, 0.25) is 0 Å². The van der Waals surface area contributed by atoms with E-state index in [-0.39, 0.29) is 17.2 Å². The van der Waals surface area contributed by atoms with Gasteiger partial charge in [-0.3, -0.25) is 14.5 Å². The Kier molecular flexibility index (Phi) is 6.61. The number of rotatable bonds is 8. The van der Waals surface area contributed by atoms with E-state index in [0.29, 0.717) is 22.6 Å². The standard InChI is InChI=1S/C24H23N3O7S/c1-4-33-21(29)19-16(17-6-5-11-34-17)13-35-20(19)25-18(28)12-27-22(30)24(2,26-23(27)31)14-7-9-15(32-3)10-8-14/h5-11,13H,4,12H2,1-3H3,(H,25,28)(H,26,31). The van der Waals surface area contributed by atoms with Crippen LogP contribution in [0.15, 0.2) is 52.5 Å². The van der Waals surface area contributed by atoms with Gasteiger partial charge < -0.3 is 24.5 Å². The molecule has 0 aliphatic carbocycles. The van der Waals surface area contributed by atoms with Crippen LogP contribution in [-0.2, 0) is 19.9 Å². The van der Waals surface area contributed by atoms with Gasteiger partial charge in [0.25, 0.3) is 5.91 Å². The second-order valence-electron chi connectivity index (χ2n) is 7.77. The molecule has 0 radical (unpaired) electrons. The van der Waals surface area contributed by atoms with Crippen LogP contribution in [0, 0.1) is 0 Å². The molecule has 3 heterocycles. The van der Waals surface area contributed by atoms with E-state index in [1.165, 1.54) is 13.4 Å². The summed E-state index contributed by atoms with van der Waals surface area (Å²) in [6, 6.07) is 9.37. The Balaban J connectivity index is 1.53. The number of nitrogens with zero attached hydrogens (tertiary/aromatic N) is 1. The lowest BCUT2D eigenvalue weighted by Gasteiger charge is -2.22. The van der Waals surface area contributed by atoms with E-state index in [1.54, 1.807) is 55.6 Å². The van der Waals surface area contributed by atoms with Gasteiger partial charge in [-0.15, -0.1) is 11.3 Å². The number of carbonyl (C=O) groups excluding carboxylic acids is 4. The summed E-state index contributed by atoms with van der Waals surface area (Å²) in [5, 5.41) is 7.17. The number of furan rings is 1. The van der Waals surface area contributed by atoms with E-state index >= 15 is 0 Å². The summed E-state index contributed by atoms with van der Waals surface area (Å²) in [4.78, 5) is 52.1. The quantitative estimate of drug-likeness (QED) is 0.360. The summed E-state index contributed by atoms with van der Waals surface area (Å²) in [6.45, 7) is 2.85. The lowest BCUT2D eigenvalue weighted by molar-refractivity contribution is -0.133. The molecule has 1 atom stereocenters. The zero-order valence-electron chi connectivity index (χ0n) is 19.2. The average Bonchev–Trinajstić information content (AvgIpc) is 3.56. The van der Waals surface area contributed by atoms with Gasteiger partial charge >= 0.3 is 12.0 Å². The lowest BCUT2D eigenvalue weighted by Crippen LogP contribution is -2.42. The summed E-state index contributed by atoms with van der Waals surface area (Å²) >= 11 is 1.11. The minimum absolute atomic E-state index is 0.139. The highest BCUT2D eigenvalue weighted by molar-refractivity contribution is 7.15. The van der Waals surface area contributed by atoms with Gasteiger partial charge in [-0.25, -0.2) is 9.59 Å². The number of imide groups is 1. The average molecular weight is 498 g/mol. The third kappa shape index (κ3) is 4.50. The molecule has 10 nitrogen and oxygen atoms in total. The van der Waals surface area contributed by atoms with Crippen LogP contribution in [0.3, 0.4) is 0 Å². The van der Waals surface area contributed by atoms with E-state index < -0.39 is 35.9 Å². The van der Waals surface area contributed by atoms with Gasteiger partial charge in [0.05, 0.1) is 20.0 Å². The number of carbonyl (C=O) groups is 4. The van der Waals surface area contributed by atoms with Crippen molar-refractivity contribution < 1.29 is 33.1 Å². The Morgan fingerprint density at radius 3 is 2.57 bits per heavy atom. The molecule has 1 aliphatic heterocycles. The maximum absolute atomic E-state index is 13.1. The van der Waals surface area contributed by atoms with Gasteiger partial charge in [0.2, 0.25) is 5.91 Å². The van der Waals surface area contributed by atoms with E-state index in [0.717, 1.165) is 16.2 Å². The van der Waals surface area contributed by atoms with Crippen LogP contribution < -0.4 is 15.4 Å². The molecule has 11 heteroatoms. The van der Waals surface area contributed by atoms with Gasteiger partial charge in [0.15, 0.2) is 0 Å². The molecule has 3 aromatic rings. The fourth-order valence-electron chi connectivity index (χ4n) is 3.74. The highest BCUT2D eigenvalue weighted by Crippen LogP contribution is 2.37. The zero-order chi connectivity index (χ0) is 25.2. The number of benzene rings is 1. The van der Waals surface area contributed by atoms with Crippen LogP contribution in [0.25, 0.3) is 11.3 Å². The number of hydrogen-bond acceptors (Lipinski definition) is 8. The van der Waals surface area contributed by atoms with Crippen molar-refractivity contribution in [3.8, 4) is 17.1 Å². The fraction of sp³-hybridized carbons (Fsp3) is 0.250. The van der Waals surface area contributed by atoms with Crippen LogP contribution in [0.5, 0.6) is 5.75 Å². The first-order valence-corrected chi connectivity index (χ1v) is 11.6. The third-order valence-corrected chi connectivity index (χ3v) is 6.45. The van der Waals surface area contributed by atoms with Crippen molar-refractivity contribution in [1.82, 2.24) is 10.2 Å². The molecule has 4 amide bonds. The van der Waals surface area contributed by atoms with E-state index in [9.17, 15) is 19.2 Å². The number of esters is 1. The number of hydrogen-bond donors (Lipinski definition) is 2. The van der Waals surface area contributed by atoms with Crippen molar-refractivity contribution in [2.75, 3.05) is 25.6 Å². The maximum Gasteiger partial charge on any atom is 0.341 e. The van der Waals surface area contributed by atoms with Crippen molar-refractivity contribution in [3.05, 3.63) is 59.2 Å². The van der Waals surface area contributed by atoms with Crippen LogP contribution in [0.4, 0.5) is 9.80 Å². The highest BCUT2D eigenvalue weighted by atomic mass is 32.1. The third-order valence-electron chi connectivity index (χ3n) is 5.55. The predicted molar refractivity (Wildman–Crippen MR) is 127 cm³/mol. The van der Waals surface area contributed by atoms with Gasteiger partial charge in [-0.2, -0.15) is 0 Å². The molecule has 1 aliphatic rings. The summed E-state index contributed by atoms with van der Waals surface area (Å²) in [6.07, 6.45) is 1.47. The van der Waals surface area contributed by atoms with Crippen LogP contribution in [-0.4, -0.2) is 49.0 Å². The second kappa shape index (κ2) is 9.63. The normalized spacial score (nSPS) is 17.3. The number of methoxy groups -OCH3 is 1. The first-order valence-electron chi connectivity index (χ1n) is 10.7. The SMILES string of the molecule is CCOC(=O)c1c(-c2ccco2)csc1NC(=O)CN1C(=O)NC(C)(c2ccc(OC)cc2)C1=O. The summed E-state index contributed by atoms with van der Waals surface area (Å²) < 4.78 is 15.7. The van der Waals surface area contributed by atoms with Gasteiger partial charge in [0, 0.05) is 10.9 Å². The Bertz CT molecular complexity index is 1270. The molecule has 1 unspecified atom stereocenters. The molecule has 2 N–H and O–H groups in total. The van der Waals surface area contributed by atoms with Gasteiger partial charge in [-0.05, 0) is 43.7 Å². The molecule has 0 saturated carbocycles. The molecule has 35 heavy (non-hydrogen) atoms. The molecule has 182 valence electrons. The molecule has 1 saturated heterocycles. The number of amides is 4. The van der Waals surface area contributed by atoms with Gasteiger partial charge in [-0.1, -0.05) is 12.1 Å². The molecular weight excluding hydrogens is 474 g/mol. The predicted octanol–water partition coefficient (Wildman–Crippen LogP) is 3.60. The zero-order valence-corrected chi connectivity index (χ0v) is 20.1. The van der Waals surface area contributed by atoms with Crippen LogP contribution in [0.1, 0.15) is 29.8 Å². The molecule has 4 rings (SSSR count). The topological polar surface area (TPSA) is 127 Å². The molecule has 1 aromatic carbocycles. The highest BCUT2D eigenvalue weighted by Gasteiger charge is 2.49. The first-order chi connectivity index (χ1) is 16.8. The number of urea groups is 1. The van der Waals surface area contributed by atoms with Crippen molar-refractivity contribution in [2.24, 2.45) is 0 Å². The summed E-state index contributed by atoms with van der Waals surface area (Å²) in [5.41, 5.74) is -0.184. The first kappa shape index (κ1) is 24.0. The van der Waals surface area contributed by atoms with Crippen molar-refractivity contribution in [1.29, 1.82) is 0 Å². The maximum atomic E-state index is 13.1. The van der Waals surface area contributed by atoms with E-state index in [2.05, 4.69) is 10.6 Å². The van der Waals surface area contributed by atoms with E-state index in [1.807, 2.05) is 0 Å². The summed E-state index contributed by atoms with van der Waals surface area (Å²) in [5.74, 6) is -0.805. The fourth-order valence-corrected chi connectivity index (χ4v) is 4.69. The Labute approximate surface area is 204 Å². The van der Waals surface area contributed by atoms with Crippen molar-refractivity contribution >= 4 is 40.2 Å². The van der Waals surface area contributed by atoms with Crippen molar-refractivity contribution in [3.63, 3.8) is 0 Å². The lowest BCUT2D eigenvalue weighted by atomic mass is 9.92. The smallest absolute Gasteiger partial charge is 0.341 e. The molecule has 0 spiro atoms. The number of anilines is 1. The molecule has 1 fully saturated rings. The minimum Gasteiger partial charge on any atom is -0.497 e. The minimum atomic E-state index is -1.34. The second-order valence-corrected chi connectivity index (χ2v) is 8.65.